The number of hydrogen-bond acceptors (Lipinski definition) is 2. The number of nitrogens with zero attached hydrogens (tertiary/aromatic N) is 1. The minimum atomic E-state index is 0.501. The Labute approximate surface area is 128 Å². The highest BCUT2D eigenvalue weighted by molar-refractivity contribution is 9.10. The maximum atomic E-state index is 6.47. The van der Waals surface area contributed by atoms with E-state index in [-0.39, 0.29) is 0 Å². The van der Waals surface area contributed by atoms with Gasteiger partial charge in [0.25, 0.3) is 0 Å². The van der Waals surface area contributed by atoms with E-state index in [9.17, 15) is 0 Å². The summed E-state index contributed by atoms with van der Waals surface area (Å²) >= 11 is 10.1. The minimum absolute atomic E-state index is 0.501. The van der Waals surface area contributed by atoms with E-state index < -0.39 is 0 Å². The quantitative estimate of drug-likeness (QED) is 0.897. The van der Waals surface area contributed by atoms with Crippen molar-refractivity contribution in [3.63, 3.8) is 0 Å². The third-order valence-corrected chi connectivity index (χ3v) is 5.26. The Morgan fingerprint density at radius 1 is 1.26 bits per heavy atom. The number of piperazine rings is 1. The second kappa shape index (κ2) is 6.13. The Morgan fingerprint density at radius 2 is 2.00 bits per heavy atom. The van der Waals surface area contributed by atoms with Gasteiger partial charge >= 0.3 is 0 Å². The molecule has 2 aliphatic rings. The molecule has 4 heteroatoms. The fraction of sp³-hybridized carbons (Fsp3) is 0.600. The van der Waals surface area contributed by atoms with E-state index in [4.69, 9.17) is 11.6 Å². The van der Waals surface area contributed by atoms with Crippen molar-refractivity contribution in [2.24, 2.45) is 5.92 Å². The molecule has 1 aromatic carbocycles. The Balaban J connectivity index is 1.90. The topological polar surface area (TPSA) is 15.3 Å². The second-order valence-corrected chi connectivity index (χ2v) is 6.91. The summed E-state index contributed by atoms with van der Waals surface area (Å²) in [6.07, 6.45) is 4.06. The molecule has 1 N–H and O–H groups in total. The van der Waals surface area contributed by atoms with Crippen LogP contribution in [-0.2, 0) is 0 Å². The zero-order valence-corrected chi connectivity index (χ0v) is 13.4. The SMILES string of the molecule is Clc1ccc(Br)cc1[C@@H](C1CCC1)N1CCNCC1. The van der Waals surface area contributed by atoms with Crippen molar-refractivity contribution in [2.75, 3.05) is 26.2 Å². The van der Waals surface area contributed by atoms with Crippen LogP contribution in [0.25, 0.3) is 0 Å². The van der Waals surface area contributed by atoms with Gasteiger partial charge in [-0.3, -0.25) is 4.90 Å². The molecule has 1 aliphatic carbocycles. The lowest BCUT2D eigenvalue weighted by Crippen LogP contribution is -2.47. The Hall–Kier alpha value is -0.0900. The fourth-order valence-corrected chi connectivity index (χ4v) is 3.81. The molecule has 0 radical (unpaired) electrons. The Morgan fingerprint density at radius 3 is 2.63 bits per heavy atom. The van der Waals surface area contributed by atoms with E-state index in [1.54, 1.807) is 0 Å². The Kier molecular flexibility index (Phi) is 4.47. The van der Waals surface area contributed by atoms with Crippen molar-refractivity contribution in [3.8, 4) is 0 Å². The summed E-state index contributed by atoms with van der Waals surface area (Å²) in [5.41, 5.74) is 1.31. The normalized spacial score (nSPS) is 23.1. The van der Waals surface area contributed by atoms with Crippen molar-refractivity contribution in [1.29, 1.82) is 0 Å². The van der Waals surface area contributed by atoms with Crippen LogP contribution in [0.4, 0.5) is 0 Å². The zero-order valence-electron chi connectivity index (χ0n) is 11.0. The number of nitrogens with one attached hydrogen (secondary N) is 1. The Bertz CT molecular complexity index is 442. The molecule has 0 amide bonds. The molecule has 1 saturated heterocycles. The molecule has 1 heterocycles. The van der Waals surface area contributed by atoms with Gasteiger partial charge in [-0.15, -0.1) is 0 Å². The van der Waals surface area contributed by atoms with Gasteiger partial charge in [-0.2, -0.15) is 0 Å². The van der Waals surface area contributed by atoms with Crippen LogP contribution < -0.4 is 5.32 Å². The highest BCUT2D eigenvalue weighted by Crippen LogP contribution is 2.44. The van der Waals surface area contributed by atoms with Crippen molar-refractivity contribution >= 4 is 27.5 Å². The summed E-state index contributed by atoms with van der Waals surface area (Å²) in [6, 6.07) is 6.77. The third-order valence-electron chi connectivity index (χ3n) is 4.42. The lowest BCUT2D eigenvalue weighted by Gasteiger charge is -2.43. The first-order valence-electron chi connectivity index (χ1n) is 7.15. The molecule has 104 valence electrons. The number of benzene rings is 1. The first-order chi connectivity index (χ1) is 9.25. The summed E-state index contributed by atoms with van der Waals surface area (Å²) in [7, 11) is 0. The molecule has 3 rings (SSSR count). The van der Waals surface area contributed by atoms with Crippen molar-refractivity contribution < 1.29 is 0 Å². The smallest absolute Gasteiger partial charge is 0.0454 e. The molecule has 1 atom stereocenters. The van der Waals surface area contributed by atoms with E-state index in [2.05, 4.69) is 32.2 Å². The van der Waals surface area contributed by atoms with Gasteiger partial charge < -0.3 is 5.32 Å². The maximum absolute atomic E-state index is 6.47. The number of halogens is 2. The molecule has 0 spiro atoms. The van der Waals surface area contributed by atoms with E-state index >= 15 is 0 Å². The van der Waals surface area contributed by atoms with Crippen LogP contribution in [0.1, 0.15) is 30.9 Å². The molecular weight excluding hydrogens is 324 g/mol. The van der Waals surface area contributed by atoms with Crippen molar-refractivity contribution in [2.45, 2.75) is 25.3 Å². The van der Waals surface area contributed by atoms with Crippen LogP contribution in [0.3, 0.4) is 0 Å². The molecular formula is C15H20BrClN2. The standard InChI is InChI=1S/C15H20BrClN2/c16-12-4-5-14(17)13(10-12)15(11-2-1-3-11)19-8-6-18-7-9-19/h4-5,10-11,15,18H,1-3,6-9H2/t15-/m1/s1. The molecule has 0 unspecified atom stereocenters. The van der Waals surface area contributed by atoms with Gasteiger partial charge in [0.1, 0.15) is 0 Å². The van der Waals surface area contributed by atoms with Gasteiger partial charge in [-0.05, 0) is 42.5 Å². The molecule has 1 aliphatic heterocycles. The van der Waals surface area contributed by atoms with Crippen LogP contribution in [-0.4, -0.2) is 31.1 Å². The van der Waals surface area contributed by atoms with Gasteiger partial charge in [0.05, 0.1) is 0 Å². The fourth-order valence-electron chi connectivity index (χ4n) is 3.21. The van der Waals surface area contributed by atoms with Crippen LogP contribution in [0.15, 0.2) is 22.7 Å². The van der Waals surface area contributed by atoms with Gasteiger partial charge in [0.2, 0.25) is 0 Å². The van der Waals surface area contributed by atoms with Gasteiger partial charge in [0.15, 0.2) is 0 Å². The second-order valence-electron chi connectivity index (χ2n) is 5.59. The molecule has 0 bridgehead atoms. The van der Waals surface area contributed by atoms with Gasteiger partial charge in [-0.25, -0.2) is 0 Å². The number of rotatable bonds is 3. The largest absolute Gasteiger partial charge is 0.314 e. The number of hydrogen-bond donors (Lipinski definition) is 1. The summed E-state index contributed by atoms with van der Waals surface area (Å²) in [4.78, 5) is 2.62. The zero-order chi connectivity index (χ0) is 13.2. The van der Waals surface area contributed by atoms with E-state index in [1.807, 2.05) is 12.1 Å². The van der Waals surface area contributed by atoms with Crippen LogP contribution in [0, 0.1) is 5.92 Å². The van der Waals surface area contributed by atoms with Gasteiger partial charge in [-0.1, -0.05) is 34.0 Å². The van der Waals surface area contributed by atoms with E-state index in [0.717, 1.165) is 41.6 Å². The van der Waals surface area contributed by atoms with E-state index in [1.165, 1.54) is 24.8 Å². The first kappa shape index (κ1) is 13.9. The molecule has 19 heavy (non-hydrogen) atoms. The van der Waals surface area contributed by atoms with Gasteiger partial charge in [0, 0.05) is 41.7 Å². The summed E-state index contributed by atoms with van der Waals surface area (Å²) < 4.78 is 1.13. The molecule has 2 fully saturated rings. The maximum Gasteiger partial charge on any atom is 0.0454 e. The lowest BCUT2D eigenvalue weighted by molar-refractivity contribution is 0.0837. The summed E-state index contributed by atoms with van der Waals surface area (Å²) in [5, 5.41) is 4.35. The highest BCUT2D eigenvalue weighted by atomic mass is 79.9. The van der Waals surface area contributed by atoms with Crippen molar-refractivity contribution in [1.82, 2.24) is 10.2 Å². The monoisotopic (exact) mass is 342 g/mol. The van der Waals surface area contributed by atoms with Crippen LogP contribution in [0.5, 0.6) is 0 Å². The van der Waals surface area contributed by atoms with Crippen LogP contribution in [0.2, 0.25) is 5.02 Å². The van der Waals surface area contributed by atoms with Crippen molar-refractivity contribution in [3.05, 3.63) is 33.3 Å². The first-order valence-corrected chi connectivity index (χ1v) is 8.32. The predicted octanol–water partition coefficient (Wildman–Crippen LogP) is 3.85. The lowest BCUT2D eigenvalue weighted by atomic mass is 9.76. The molecule has 1 saturated carbocycles. The molecule has 2 nitrogen and oxygen atoms in total. The highest BCUT2D eigenvalue weighted by Gasteiger charge is 2.34. The molecule has 1 aromatic rings. The van der Waals surface area contributed by atoms with Crippen LogP contribution >= 0.6 is 27.5 Å². The molecule has 0 aromatic heterocycles. The average Bonchev–Trinajstić information content (AvgIpc) is 2.38. The van der Waals surface area contributed by atoms with E-state index in [0.29, 0.717) is 6.04 Å². The summed E-state index contributed by atoms with van der Waals surface area (Å²) in [5.74, 6) is 0.782. The average molecular weight is 344 g/mol. The summed E-state index contributed by atoms with van der Waals surface area (Å²) in [6.45, 7) is 4.44. The minimum Gasteiger partial charge on any atom is -0.314 e. The third kappa shape index (κ3) is 2.99. The predicted molar refractivity (Wildman–Crippen MR) is 83.7 cm³/mol.